The molecule has 0 aromatic carbocycles. The Hall–Kier alpha value is -0.380. The minimum absolute atomic E-state index is 0.0290. The van der Waals surface area contributed by atoms with Gasteiger partial charge in [0, 0.05) is 18.3 Å². The van der Waals surface area contributed by atoms with Gasteiger partial charge in [-0.15, -0.1) is 0 Å². The van der Waals surface area contributed by atoms with E-state index in [4.69, 9.17) is 9.47 Å². The molecule has 1 N–H and O–H groups in total. The van der Waals surface area contributed by atoms with Crippen LogP contribution in [0.1, 0.15) is 39.0 Å². The standard InChI is InChI=1S/C13H20O3/c1-12-5-6-13(15-7-8-16-13)9-10(12)3-2-4-11(12)14/h3,11,14H,2,4-9H2,1H3/t11-,12-/m1/s1. The molecule has 1 saturated carbocycles. The summed E-state index contributed by atoms with van der Waals surface area (Å²) in [7, 11) is 0. The third-order valence-corrected chi connectivity index (χ3v) is 4.60. The Morgan fingerprint density at radius 3 is 2.81 bits per heavy atom. The zero-order chi connectivity index (χ0) is 11.2. The average Bonchev–Trinajstić information content (AvgIpc) is 2.71. The predicted molar refractivity (Wildman–Crippen MR) is 59.9 cm³/mol. The molecule has 2 fully saturated rings. The molecule has 0 aromatic rings. The summed E-state index contributed by atoms with van der Waals surface area (Å²) in [5.41, 5.74) is 1.32. The van der Waals surface area contributed by atoms with E-state index in [1.54, 1.807) is 0 Å². The number of hydrogen-bond donors (Lipinski definition) is 1. The Labute approximate surface area is 96.4 Å². The highest BCUT2D eigenvalue weighted by Crippen LogP contribution is 2.52. The lowest BCUT2D eigenvalue weighted by Crippen LogP contribution is -2.46. The normalized spacial score (nSPS) is 41.9. The monoisotopic (exact) mass is 224 g/mol. The van der Waals surface area contributed by atoms with Crippen molar-refractivity contribution in [3.63, 3.8) is 0 Å². The summed E-state index contributed by atoms with van der Waals surface area (Å²) in [4.78, 5) is 0. The van der Waals surface area contributed by atoms with Crippen LogP contribution in [0.2, 0.25) is 0 Å². The minimum Gasteiger partial charge on any atom is -0.392 e. The first-order valence-electron chi connectivity index (χ1n) is 6.30. The van der Waals surface area contributed by atoms with Crippen LogP contribution in [0.5, 0.6) is 0 Å². The Balaban J connectivity index is 1.87. The maximum absolute atomic E-state index is 10.2. The highest BCUT2D eigenvalue weighted by Gasteiger charge is 2.50. The second kappa shape index (κ2) is 3.56. The Bertz CT molecular complexity index is 317. The Morgan fingerprint density at radius 2 is 2.06 bits per heavy atom. The van der Waals surface area contributed by atoms with Crippen molar-refractivity contribution in [1.29, 1.82) is 0 Å². The van der Waals surface area contributed by atoms with Crippen LogP contribution < -0.4 is 0 Å². The van der Waals surface area contributed by atoms with Crippen LogP contribution in [-0.2, 0) is 9.47 Å². The van der Waals surface area contributed by atoms with Crippen molar-refractivity contribution in [2.45, 2.75) is 50.9 Å². The number of rotatable bonds is 0. The van der Waals surface area contributed by atoms with Crippen molar-refractivity contribution in [3.05, 3.63) is 11.6 Å². The summed E-state index contributed by atoms with van der Waals surface area (Å²) in [5, 5.41) is 10.2. The molecule has 3 nitrogen and oxygen atoms in total. The fraction of sp³-hybridized carbons (Fsp3) is 0.846. The predicted octanol–water partition coefficient (Wildman–Crippen LogP) is 2.00. The van der Waals surface area contributed by atoms with Gasteiger partial charge in [0.05, 0.1) is 19.3 Å². The maximum Gasteiger partial charge on any atom is 0.172 e. The van der Waals surface area contributed by atoms with Crippen LogP contribution >= 0.6 is 0 Å². The van der Waals surface area contributed by atoms with Gasteiger partial charge in [-0.3, -0.25) is 0 Å². The molecular weight excluding hydrogens is 204 g/mol. The van der Waals surface area contributed by atoms with Gasteiger partial charge < -0.3 is 14.6 Å². The zero-order valence-electron chi connectivity index (χ0n) is 9.87. The van der Waals surface area contributed by atoms with E-state index >= 15 is 0 Å². The van der Waals surface area contributed by atoms with Gasteiger partial charge in [-0.2, -0.15) is 0 Å². The first-order chi connectivity index (χ1) is 7.65. The molecule has 0 aromatic heterocycles. The van der Waals surface area contributed by atoms with E-state index in [9.17, 15) is 5.11 Å². The summed E-state index contributed by atoms with van der Waals surface area (Å²) in [6.07, 6.45) is 6.72. The van der Waals surface area contributed by atoms with E-state index in [1.807, 2.05) is 0 Å². The van der Waals surface area contributed by atoms with Gasteiger partial charge in [0.15, 0.2) is 5.79 Å². The lowest BCUT2D eigenvalue weighted by atomic mass is 9.63. The molecule has 3 heteroatoms. The maximum atomic E-state index is 10.2. The minimum atomic E-state index is -0.359. The van der Waals surface area contributed by atoms with Crippen LogP contribution in [-0.4, -0.2) is 30.2 Å². The van der Waals surface area contributed by atoms with Gasteiger partial charge in [-0.25, -0.2) is 0 Å². The molecule has 0 amide bonds. The number of hydrogen-bond acceptors (Lipinski definition) is 3. The van der Waals surface area contributed by atoms with Crippen molar-refractivity contribution in [2.24, 2.45) is 5.41 Å². The fourth-order valence-corrected chi connectivity index (χ4v) is 3.35. The smallest absolute Gasteiger partial charge is 0.172 e. The zero-order valence-corrected chi connectivity index (χ0v) is 9.87. The van der Waals surface area contributed by atoms with E-state index in [2.05, 4.69) is 13.0 Å². The number of allylic oxidation sites excluding steroid dienone is 1. The molecule has 1 heterocycles. The van der Waals surface area contributed by atoms with E-state index in [0.29, 0.717) is 13.2 Å². The van der Waals surface area contributed by atoms with Gasteiger partial charge >= 0.3 is 0 Å². The highest BCUT2D eigenvalue weighted by molar-refractivity contribution is 5.24. The third-order valence-electron chi connectivity index (χ3n) is 4.60. The van der Waals surface area contributed by atoms with Gasteiger partial charge in [0.2, 0.25) is 0 Å². The summed E-state index contributed by atoms with van der Waals surface area (Å²) in [5.74, 6) is -0.359. The van der Waals surface area contributed by atoms with Crippen molar-refractivity contribution < 1.29 is 14.6 Å². The van der Waals surface area contributed by atoms with E-state index in [-0.39, 0.29) is 17.3 Å². The molecule has 1 spiro atoms. The lowest BCUT2D eigenvalue weighted by molar-refractivity contribution is -0.183. The molecule has 16 heavy (non-hydrogen) atoms. The molecule has 3 rings (SSSR count). The Morgan fingerprint density at radius 1 is 1.31 bits per heavy atom. The van der Waals surface area contributed by atoms with Gasteiger partial charge in [0.25, 0.3) is 0 Å². The van der Waals surface area contributed by atoms with Crippen LogP contribution in [0, 0.1) is 5.41 Å². The summed E-state index contributed by atoms with van der Waals surface area (Å²) in [6, 6.07) is 0. The molecule has 2 atom stereocenters. The SMILES string of the molecule is C[C@@]12CCC3(CC1=CCC[C@H]2O)OCCO3. The van der Waals surface area contributed by atoms with Gasteiger partial charge in [-0.05, 0) is 19.3 Å². The topological polar surface area (TPSA) is 38.7 Å². The summed E-state index contributed by atoms with van der Waals surface area (Å²) >= 11 is 0. The quantitative estimate of drug-likeness (QED) is 0.640. The molecule has 0 radical (unpaired) electrons. The number of aliphatic hydroxyl groups excluding tert-OH is 1. The molecule has 1 saturated heterocycles. The number of aliphatic hydroxyl groups is 1. The molecule has 0 bridgehead atoms. The second-order valence-corrected chi connectivity index (χ2v) is 5.52. The van der Waals surface area contributed by atoms with Gasteiger partial charge in [-0.1, -0.05) is 18.6 Å². The highest BCUT2D eigenvalue weighted by atomic mass is 16.7. The van der Waals surface area contributed by atoms with E-state index in [1.165, 1.54) is 5.57 Å². The van der Waals surface area contributed by atoms with Crippen LogP contribution in [0.3, 0.4) is 0 Å². The molecule has 3 aliphatic rings. The van der Waals surface area contributed by atoms with Crippen molar-refractivity contribution in [1.82, 2.24) is 0 Å². The van der Waals surface area contributed by atoms with Gasteiger partial charge in [0.1, 0.15) is 0 Å². The van der Waals surface area contributed by atoms with Crippen molar-refractivity contribution >= 4 is 0 Å². The average molecular weight is 224 g/mol. The molecule has 2 aliphatic carbocycles. The molecule has 1 aliphatic heterocycles. The molecule has 90 valence electrons. The largest absolute Gasteiger partial charge is 0.392 e. The molecular formula is C13H20O3. The Kier molecular flexibility index (Phi) is 2.39. The third kappa shape index (κ3) is 1.45. The van der Waals surface area contributed by atoms with E-state index < -0.39 is 0 Å². The summed E-state index contributed by atoms with van der Waals surface area (Å²) in [6.45, 7) is 3.61. The van der Waals surface area contributed by atoms with Crippen molar-refractivity contribution in [3.8, 4) is 0 Å². The van der Waals surface area contributed by atoms with Crippen molar-refractivity contribution in [2.75, 3.05) is 13.2 Å². The van der Waals surface area contributed by atoms with E-state index in [0.717, 1.165) is 32.1 Å². The first kappa shape index (κ1) is 10.8. The van der Waals surface area contributed by atoms with Crippen LogP contribution in [0.25, 0.3) is 0 Å². The van der Waals surface area contributed by atoms with Crippen LogP contribution in [0.15, 0.2) is 11.6 Å². The number of fused-ring (bicyclic) bond motifs is 1. The first-order valence-corrected chi connectivity index (χ1v) is 6.30. The second-order valence-electron chi connectivity index (χ2n) is 5.52. The lowest BCUT2D eigenvalue weighted by Gasteiger charge is -2.48. The van der Waals surface area contributed by atoms with Crippen LogP contribution in [0.4, 0.5) is 0 Å². The fourth-order valence-electron chi connectivity index (χ4n) is 3.35. The molecule has 0 unspecified atom stereocenters. The summed E-state index contributed by atoms with van der Waals surface area (Å²) < 4.78 is 11.5. The number of ether oxygens (including phenoxy) is 2.